The number of sulfonamides is 1. The molecule has 0 fully saturated rings. The number of carbonyl (C=O) groups excluding carboxylic acids is 1. The predicted molar refractivity (Wildman–Crippen MR) is 100 cm³/mol. The molecule has 0 radical (unpaired) electrons. The van der Waals surface area contributed by atoms with Crippen molar-refractivity contribution in [3.8, 4) is 6.07 Å². The summed E-state index contributed by atoms with van der Waals surface area (Å²) in [5, 5.41) is 8.99. The summed E-state index contributed by atoms with van der Waals surface area (Å²) in [7, 11) is -3.66. The SMILES string of the molecule is CC(=O)N(CCNS(=O)(=O)c1ccc(C)c(C)c1)c1cccc(C#N)c1. The first-order valence-electron chi connectivity index (χ1n) is 8.10. The first-order valence-corrected chi connectivity index (χ1v) is 9.58. The lowest BCUT2D eigenvalue weighted by Gasteiger charge is -2.21. The summed E-state index contributed by atoms with van der Waals surface area (Å²) < 4.78 is 27.4. The maximum atomic E-state index is 12.4. The summed E-state index contributed by atoms with van der Waals surface area (Å²) in [5.41, 5.74) is 2.90. The maximum absolute atomic E-state index is 12.4. The van der Waals surface area contributed by atoms with Gasteiger partial charge in [0.05, 0.1) is 16.5 Å². The average Bonchev–Trinajstić information content (AvgIpc) is 2.60. The number of benzene rings is 2. The lowest BCUT2D eigenvalue weighted by Crippen LogP contribution is -2.37. The summed E-state index contributed by atoms with van der Waals surface area (Å²) in [6.07, 6.45) is 0. The summed E-state index contributed by atoms with van der Waals surface area (Å²) in [6.45, 7) is 5.39. The Morgan fingerprint density at radius 2 is 1.88 bits per heavy atom. The molecule has 6 nitrogen and oxygen atoms in total. The van der Waals surface area contributed by atoms with E-state index in [2.05, 4.69) is 4.72 Å². The van der Waals surface area contributed by atoms with Gasteiger partial charge in [0.1, 0.15) is 0 Å². The molecular formula is C19H21N3O3S. The van der Waals surface area contributed by atoms with Gasteiger partial charge in [0.2, 0.25) is 15.9 Å². The molecule has 7 heteroatoms. The molecule has 0 aliphatic carbocycles. The molecule has 0 heterocycles. The standard InChI is InChI=1S/C19H21N3O3S/c1-14-7-8-19(11-15(14)2)26(24,25)21-9-10-22(16(3)23)18-6-4-5-17(12-18)13-20/h4-8,11-12,21H,9-10H2,1-3H3. The number of nitrogens with zero attached hydrogens (tertiary/aromatic N) is 2. The molecule has 2 rings (SSSR count). The van der Waals surface area contributed by atoms with Crippen molar-refractivity contribution in [2.24, 2.45) is 0 Å². The number of nitrogens with one attached hydrogen (secondary N) is 1. The van der Waals surface area contributed by atoms with Crippen molar-refractivity contribution < 1.29 is 13.2 Å². The Labute approximate surface area is 154 Å². The number of hydrogen-bond donors (Lipinski definition) is 1. The molecule has 136 valence electrons. The van der Waals surface area contributed by atoms with Crippen LogP contribution in [-0.4, -0.2) is 27.4 Å². The zero-order valence-electron chi connectivity index (χ0n) is 15.0. The molecule has 1 amide bonds. The minimum Gasteiger partial charge on any atom is -0.311 e. The van der Waals surface area contributed by atoms with E-state index in [9.17, 15) is 13.2 Å². The Kier molecular flexibility index (Phi) is 6.14. The maximum Gasteiger partial charge on any atom is 0.240 e. The van der Waals surface area contributed by atoms with Gasteiger partial charge in [0.25, 0.3) is 0 Å². The van der Waals surface area contributed by atoms with E-state index in [1.54, 1.807) is 42.5 Å². The molecule has 2 aromatic rings. The highest BCUT2D eigenvalue weighted by Gasteiger charge is 2.17. The number of hydrogen-bond acceptors (Lipinski definition) is 4. The number of aryl methyl sites for hydroxylation is 2. The van der Waals surface area contributed by atoms with Crippen LogP contribution >= 0.6 is 0 Å². The topological polar surface area (TPSA) is 90.3 Å². The second kappa shape index (κ2) is 8.13. The van der Waals surface area contributed by atoms with E-state index in [4.69, 9.17) is 5.26 Å². The molecular weight excluding hydrogens is 350 g/mol. The molecule has 0 bridgehead atoms. The second-order valence-electron chi connectivity index (χ2n) is 5.98. The molecule has 0 saturated heterocycles. The molecule has 1 N–H and O–H groups in total. The zero-order chi connectivity index (χ0) is 19.3. The van der Waals surface area contributed by atoms with Gasteiger partial charge in [-0.25, -0.2) is 13.1 Å². The van der Waals surface area contributed by atoms with Crippen LogP contribution in [0.15, 0.2) is 47.4 Å². The minimum absolute atomic E-state index is 0.0611. The predicted octanol–water partition coefficient (Wildman–Crippen LogP) is 2.51. The molecule has 0 saturated carbocycles. The van der Waals surface area contributed by atoms with Crippen LogP contribution in [0.5, 0.6) is 0 Å². The highest BCUT2D eigenvalue weighted by Crippen LogP contribution is 2.17. The Morgan fingerprint density at radius 1 is 1.15 bits per heavy atom. The Hall–Kier alpha value is -2.69. The first kappa shape index (κ1) is 19.6. The fourth-order valence-electron chi connectivity index (χ4n) is 2.47. The van der Waals surface area contributed by atoms with Gasteiger partial charge in [-0.3, -0.25) is 4.79 Å². The summed E-state index contributed by atoms with van der Waals surface area (Å²) in [5.74, 6) is -0.231. The molecule has 2 aromatic carbocycles. The number of nitriles is 1. The Bertz CT molecular complexity index is 962. The van der Waals surface area contributed by atoms with Crippen molar-refractivity contribution in [1.29, 1.82) is 5.26 Å². The van der Waals surface area contributed by atoms with Crippen LogP contribution in [0.25, 0.3) is 0 Å². The van der Waals surface area contributed by atoms with Crippen LogP contribution in [0.4, 0.5) is 5.69 Å². The Balaban J connectivity index is 2.11. The smallest absolute Gasteiger partial charge is 0.240 e. The fourth-order valence-corrected chi connectivity index (χ4v) is 3.57. The van der Waals surface area contributed by atoms with Gasteiger partial charge in [-0.1, -0.05) is 12.1 Å². The van der Waals surface area contributed by atoms with Gasteiger partial charge in [0.15, 0.2) is 0 Å². The monoisotopic (exact) mass is 371 g/mol. The summed E-state index contributed by atoms with van der Waals surface area (Å²) >= 11 is 0. The van der Waals surface area contributed by atoms with Crippen molar-refractivity contribution in [2.45, 2.75) is 25.7 Å². The number of anilines is 1. The van der Waals surface area contributed by atoms with Crippen LogP contribution in [-0.2, 0) is 14.8 Å². The van der Waals surface area contributed by atoms with E-state index in [1.165, 1.54) is 11.8 Å². The van der Waals surface area contributed by atoms with Gasteiger partial charge in [-0.05, 0) is 55.3 Å². The molecule has 0 spiro atoms. The van der Waals surface area contributed by atoms with E-state index < -0.39 is 10.0 Å². The van der Waals surface area contributed by atoms with Crippen molar-refractivity contribution in [3.63, 3.8) is 0 Å². The lowest BCUT2D eigenvalue weighted by atomic mass is 10.1. The first-order chi connectivity index (χ1) is 12.2. The highest BCUT2D eigenvalue weighted by atomic mass is 32.2. The van der Waals surface area contributed by atoms with Gasteiger partial charge >= 0.3 is 0 Å². The number of amides is 1. The van der Waals surface area contributed by atoms with Crippen LogP contribution in [0.1, 0.15) is 23.6 Å². The van der Waals surface area contributed by atoms with Crippen LogP contribution in [0.2, 0.25) is 0 Å². The quantitative estimate of drug-likeness (QED) is 0.845. The Morgan fingerprint density at radius 3 is 2.50 bits per heavy atom. The third-order valence-corrected chi connectivity index (χ3v) is 5.54. The molecule has 0 unspecified atom stereocenters. The van der Waals surface area contributed by atoms with Crippen LogP contribution in [0, 0.1) is 25.2 Å². The highest BCUT2D eigenvalue weighted by molar-refractivity contribution is 7.89. The lowest BCUT2D eigenvalue weighted by molar-refractivity contribution is -0.116. The van der Waals surface area contributed by atoms with Gasteiger partial charge in [-0.2, -0.15) is 5.26 Å². The number of carbonyl (C=O) groups is 1. The van der Waals surface area contributed by atoms with E-state index >= 15 is 0 Å². The fraction of sp³-hybridized carbons (Fsp3) is 0.263. The largest absolute Gasteiger partial charge is 0.311 e. The molecule has 0 aromatic heterocycles. The zero-order valence-corrected chi connectivity index (χ0v) is 15.8. The van der Waals surface area contributed by atoms with E-state index in [1.807, 2.05) is 19.9 Å². The summed E-state index contributed by atoms with van der Waals surface area (Å²) in [4.78, 5) is 13.5. The van der Waals surface area contributed by atoms with E-state index in [0.29, 0.717) is 11.3 Å². The molecule has 0 atom stereocenters. The van der Waals surface area contributed by atoms with Crippen molar-refractivity contribution in [2.75, 3.05) is 18.0 Å². The normalized spacial score (nSPS) is 11.0. The summed E-state index contributed by atoms with van der Waals surface area (Å²) in [6, 6.07) is 13.6. The van der Waals surface area contributed by atoms with Crippen molar-refractivity contribution in [3.05, 3.63) is 59.2 Å². The van der Waals surface area contributed by atoms with Crippen molar-refractivity contribution >= 4 is 21.6 Å². The molecule has 0 aliphatic rings. The molecule has 0 aliphatic heterocycles. The third kappa shape index (κ3) is 4.69. The minimum atomic E-state index is -3.66. The van der Waals surface area contributed by atoms with Crippen LogP contribution < -0.4 is 9.62 Å². The van der Waals surface area contributed by atoms with Gasteiger partial charge < -0.3 is 4.90 Å². The van der Waals surface area contributed by atoms with Crippen molar-refractivity contribution in [1.82, 2.24) is 4.72 Å². The molecule has 26 heavy (non-hydrogen) atoms. The van der Waals surface area contributed by atoms with Gasteiger partial charge in [0, 0.05) is 25.7 Å². The van der Waals surface area contributed by atoms with Crippen LogP contribution in [0.3, 0.4) is 0 Å². The number of rotatable bonds is 6. The second-order valence-corrected chi connectivity index (χ2v) is 7.74. The third-order valence-electron chi connectivity index (χ3n) is 4.08. The van der Waals surface area contributed by atoms with Gasteiger partial charge in [-0.15, -0.1) is 0 Å². The van der Waals surface area contributed by atoms with E-state index in [-0.39, 0.29) is 23.9 Å². The average molecular weight is 371 g/mol. The van der Waals surface area contributed by atoms with E-state index in [0.717, 1.165) is 11.1 Å².